The highest BCUT2D eigenvalue weighted by atomic mass is 32.1. The molecule has 2 aromatic rings. The van der Waals surface area contributed by atoms with E-state index in [9.17, 15) is 14.9 Å². The lowest BCUT2D eigenvalue weighted by molar-refractivity contribution is -0.123. The van der Waals surface area contributed by atoms with Gasteiger partial charge in [0.25, 0.3) is 5.91 Å². The van der Waals surface area contributed by atoms with Crippen molar-refractivity contribution in [1.82, 2.24) is 0 Å². The van der Waals surface area contributed by atoms with Crippen molar-refractivity contribution in [2.75, 3.05) is 11.1 Å². The lowest BCUT2D eigenvalue weighted by atomic mass is 9.72. The topological polar surface area (TPSA) is 105 Å². The number of fused-ring (bicyclic) bond motifs is 1. The third kappa shape index (κ3) is 4.65. The number of nitrogens with zero attached hydrogens (tertiary/aromatic N) is 1. The Morgan fingerprint density at radius 1 is 1.30 bits per heavy atom. The molecule has 1 aromatic carbocycles. The summed E-state index contributed by atoms with van der Waals surface area (Å²) in [5.41, 5.74) is 8.26. The number of amides is 1. The number of esters is 1. The molecule has 0 radical (unpaired) electrons. The normalized spacial score (nSPS) is 16.8. The Morgan fingerprint density at radius 3 is 2.57 bits per heavy atom. The molecule has 0 saturated carbocycles. The number of thiophene rings is 1. The molecule has 1 aliphatic carbocycles. The predicted molar refractivity (Wildman–Crippen MR) is 118 cm³/mol. The summed E-state index contributed by atoms with van der Waals surface area (Å²) in [5, 5.41) is 13.0. The van der Waals surface area contributed by atoms with Crippen LogP contribution in [0.4, 0.5) is 10.7 Å². The molecule has 30 heavy (non-hydrogen) atoms. The van der Waals surface area contributed by atoms with E-state index in [1.165, 1.54) is 23.1 Å². The summed E-state index contributed by atoms with van der Waals surface area (Å²) in [4.78, 5) is 26.0. The van der Waals surface area contributed by atoms with Crippen molar-refractivity contribution < 1.29 is 14.3 Å². The lowest BCUT2D eigenvalue weighted by Crippen LogP contribution is -2.30. The standard InChI is InChI=1S/C23H27N3O3S/c1-13(29-22(28)14-5-8-16(25)9-6-14)20(27)26-21-18(12-24)17-10-7-15(23(2,3)4)11-19(17)30-21/h5-6,8-9,13,15H,7,10-11,25H2,1-4H3,(H,26,27). The van der Waals surface area contributed by atoms with Gasteiger partial charge in [-0.3, -0.25) is 4.79 Å². The van der Waals surface area contributed by atoms with Gasteiger partial charge in [-0.25, -0.2) is 4.79 Å². The number of ether oxygens (including phenoxy) is 1. The number of nitriles is 1. The van der Waals surface area contributed by atoms with Gasteiger partial charge in [-0.05, 0) is 67.3 Å². The molecule has 2 unspecified atom stereocenters. The summed E-state index contributed by atoms with van der Waals surface area (Å²) in [6.07, 6.45) is 1.79. The second kappa shape index (κ2) is 8.49. The van der Waals surface area contributed by atoms with E-state index in [4.69, 9.17) is 10.5 Å². The van der Waals surface area contributed by atoms with Crippen LogP contribution in [-0.4, -0.2) is 18.0 Å². The van der Waals surface area contributed by atoms with Crippen LogP contribution in [0.5, 0.6) is 0 Å². The van der Waals surface area contributed by atoms with Gasteiger partial charge in [0.1, 0.15) is 11.1 Å². The fraction of sp³-hybridized carbons (Fsp3) is 0.435. The Balaban J connectivity index is 1.71. The minimum Gasteiger partial charge on any atom is -0.449 e. The molecule has 0 aliphatic heterocycles. The summed E-state index contributed by atoms with van der Waals surface area (Å²) >= 11 is 1.46. The third-order valence-electron chi connectivity index (χ3n) is 5.64. The van der Waals surface area contributed by atoms with Gasteiger partial charge in [0.15, 0.2) is 6.10 Å². The van der Waals surface area contributed by atoms with Crippen molar-refractivity contribution in [3.63, 3.8) is 0 Å². The zero-order chi connectivity index (χ0) is 22.1. The molecule has 158 valence electrons. The van der Waals surface area contributed by atoms with E-state index < -0.39 is 18.0 Å². The number of anilines is 2. The number of rotatable bonds is 4. The monoisotopic (exact) mass is 425 g/mol. The van der Waals surface area contributed by atoms with Crippen molar-refractivity contribution in [3.8, 4) is 6.07 Å². The molecular formula is C23H27N3O3S. The first kappa shape index (κ1) is 21.8. The molecule has 1 aliphatic rings. The number of nitrogens with one attached hydrogen (secondary N) is 1. The van der Waals surface area contributed by atoms with Gasteiger partial charge in [0, 0.05) is 10.6 Å². The molecule has 3 N–H and O–H groups in total. The molecule has 3 rings (SSSR count). The van der Waals surface area contributed by atoms with Crippen LogP contribution in [0.15, 0.2) is 24.3 Å². The second-order valence-corrected chi connectivity index (χ2v) is 9.89. The summed E-state index contributed by atoms with van der Waals surface area (Å²) in [6.45, 7) is 8.23. The summed E-state index contributed by atoms with van der Waals surface area (Å²) in [6, 6.07) is 8.55. The lowest BCUT2D eigenvalue weighted by Gasteiger charge is -2.33. The Bertz CT molecular complexity index is 996. The number of carbonyl (C=O) groups excluding carboxylic acids is 2. The number of nitrogens with two attached hydrogens (primary N) is 1. The summed E-state index contributed by atoms with van der Waals surface area (Å²) in [5.74, 6) is -0.517. The Morgan fingerprint density at radius 2 is 1.97 bits per heavy atom. The highest BCUT2D eigenvalue weighted by Crippen LogP contribution is 2.44. The van der Waals surface area contributed by atoms with E-state index >= 15 is 0 Å². The number of hydrogen-bond acceptors (Lipinski definition) is 6. The number of benzene rings is 1. The predicted octanol–water partition coefficient (Wildman–Crippen LogP) is 4.54. The van der Waals surface area contributed by atoms with Gasteiger partial charge >= 0.3 is 5.97 Å². The zero-order valence-corrected chi connectivity index (χ0v) is 18.6. The van der Waals surface area contributed by atoms with Gasteiger partial charge in [0.2, 0.25) is 0 Å². The number of hydrogen-bond donors (Lipinski definition) is 2. The van der Waals surface area contributed by atoms with Crippen LogP contribution in [0.2, 0.25) is 0 Å². The van der Waals surface area contributed by atoms with Crippen LogP contribution in [0.3, 0.4) is 0 Å². The largest absolute Gasteiger partial charge is 0.449 e. The molecule has 2 atom stereocenters. The van der Waals surface area contributed by atoms with Crippen LogP contribution in [0, 0.1) is 22.7 Å². The van der Waals surface area contributed by atoms with E-state index in [-0.39, 0.29) is 5.41 Å². The van der Waals surface area contributed by atoms with Gasteiger partial charge < -0.3 is 15.8 Å². The van der Waals surface area contributed by atoms with Crippen LogP contribution >= 0.6 is 11.3 Å². The highest BCUT2D eigenvalue weighted by Gasteiger charge is 2.32. The van der Waals surface area contributed by atoms with Crippen molar-refractivity contribution in [3.05, 3.63) is 45.8 Å². The minimum atomic E-state index is -0.997. The van der Waals surface area contributed by atoms with E-state index in [0.29, 0.717) is 27.7 Å². The highest BCUT2D eigenvalue weighted by molar-refractivity contribution is 7.16. The fourth-order valence-electron chi connectivity index (χ4n) is 3.65. The summed E-state index contributed by atoms with van der Waals surface area (Å²) in [7, 11) is 0. The Hall–Kier alpha value is -2.85. The molecule has 0 bridgehead atoms. The third-order valence-corrected chi connectivity index (χ3v) is 6.81. The fourth-order valence-corrected chi connectivity index (χ4v) is 4.93. The number of carbonyl (C=O) groups is 2. The first-order valence-electron chi connectivity index (χ1n) is 10.0. The zero-order valence-electron chi connectivity index (χ0n) is 17.7. The van der Waals surface area contributed by atoms with Gasteiger partial charge in [-0.2, -0.15) is 5.26 Å². The maximum absolute atomic E-state index is 12.6. The smallest absolute Gasteiger partial charge is 0.338 e. The number of nitrogen functional groups attached to an aromatic ring is 1. The van der Waals surface area contributed by atoms with Gasteiger partial charge in [-0.1, -0.05) is 20.8 Å². The second-order valence-electron chi connectivity index (χ2n) is 8.78. The van der Waals surface area contributed by atoms with Crippen LogP contribution in [-0.2, 0) is 22.4 Å². The van der Waals surface area contributed by atoms with Crippen molar-refractivity contribution in [1.29, 1.82) is 5.26 Å². The van der Waals surface area contributed by atoms with Crippen LogP contribution in [0.1, 0.15) is 60.5 Å². The molecule has 7 heteroatoms. The van der Waals surface area contributed by atoms with Crippen molar-refractivity contribution in [2.24, 2.45) is 11.3 Å². The van der Waals surface area contributed by atoms with Crippen molar-refractivity contribution >= 4 is 33.9 Å². The van der Waals surface area contributed by atoms with E-state index in [1.54, 1.807) is 24.3 Å². The van der Waals surface area contributed by atoms with E-state index in [0.717, 1.165) is 24.8 Å². The Labute approximate surface area is 181 Å². The molecule has 0 saturated heterocycles. The van der Waals surface area contributed by atoms with Gasteiger partial charge in [-0.15, -0.1) is 11.3 Å². The quantitative estimate of drug-likeness (QED) is 0.553. The maximum atomic E-state index is 12.6. The molecular weight excluding hydrogens is 398 g/mol. The van der Waals surface area contributed by atoms with Gasteiger partial charge in [0.05, 0.1) is 11.1 Å². The molecule has 1 heterocycles. The van der Waals surface area contributed by atoms with E-state index in [1.807, 2.05) is 0 Å². The average molecular weight is 426 g/mol. The first-order valence-corrected chi connectivity index (χ1v) is 10.8. The Kier molecular flexibility index (Phi) is 6.18. The first-order chi connectivity index (χ1) is 14.1. The average Bonchev–Trinajstić information content (AvgIpc) is 3.03. The molecule has 0 fully saturated rings. The SMILES string of the molecule is CC(OC(=O)c1ccc(N)cc1)C(=O)Nc1sc2c(c1C#N)CCC(C(C)(C)C)C2. The molecule has 6 nitrogen and oxygen atoms in total. The molecule has 0 spiro atoms. The van der Waals surface area contributed by atoms with Crippen LogP contribution < -0.4 is 11.1 Å². The maximum Gasteiger partial charge on any atom is 0.338 e. The van der Waals surface area contributed by atoms with Crippen LogP contribution in [0.25, 0.3) is 0 Å². The van der Waals surface area contributed by atoms with Crippen molar-refractivity contribution in [2.45, 2.75) is 53.1 Å². The summed E-state index contributed by atoms with van der Waals surface area (Å²) < 4.78 is 5.28. The minimum absolute atomic E-state index is 0.197. The van der Waals surface area contributed by atoms with E-state index in [2.05, 4.69) is 32.2 Å². The molecule has 1 amide bonds. The molecule has 1 aromatic heterocycles.